The minimum Gasteiger partial charge on any atom is -0.497 e. The van der Waals surface area contributed by atoms with E-state index in [0.717, 1.165) is 6.54 Å². The van der Waals surface area contributed by atoms with Crippen LogP contribution in [0.5, 0.6) is 11.5 Å². The number of hydrogen-bond acceptors (Lipinski definition) is 7. The van der Waals surface area contributed by atoms with Crippen LogP contribution in [-0.4, -0.2) is 40.6 Å². The first-order valence-corrected chi connectivity index (χ1v) is 10.1. The monoisotopic (exact) mass is 416 g/mol. The molecule has 0 saturated heterocycles. The average Bonchev–Trinajstić information content (AvgIpc) is 3.36. The van der Waals surface area contributed by atoms with Gasteiger partial charge in [-0.15, -0.1) is 10.2 Å². The third-order valence-electron chi connectivity index (χ3n) is 4.02. The number of ether oxygens (including phenoxy) is 2. The maximum atomic E-state index is 12.5. The topological polar surface area (TPSA) is 91.4 Å². The molecule has 0 bridgehead atoms. The summed E-state index contributed by atoms with van der Waals surface area (Å²) in [6, 6.07) is 8.89. The summed E-state index contributed by atoms with van der Waals surface area (Å²) in [4.78, 5) is 12.5. The van der Waals surface area contributed by atoms with Crippen molar-refractivity contribution in [1.82, 2.24) is 14.8 Å². The first-order chi connectivity index (χ1) is 14.0. The normalized spacial score (nSPS) is 10.9. The van der Waals surface area contributed by atoms with Crippen LogP contribution in [0.3, 0.4) is 0 Å². The molecule has 8 nitrogen and oxygen atoms in total. The molecule has 2 aromatic heterocycles. The molecule has 1 amide bonds. The van der Waals surface area contributed by atoms with Gasteiger partial charge >= 0.3 is 0 Å². The number of nitrogens with zero attached hydrogens (tertiary/aromatic N) is 3. The number of furan rings is 1. The van der Waals surface area contributed by atoms with Crippen molar-refractivity contribution in [2.75, 3.05) is 25.3 Å². The number of rotatable bonds is 9. The number of carbonyl (C=O) groups is 1. The van der Waals surface area contributed by atoms with Crippen molar-refractivity contribution >= 4 is 23.4 Å². The third kappa shape index (κ3) is 5.11. The van der Waals surface area contributed by atoms with E-state index < -0.39 is 0 Å². The third-order valence-corrected chi connectivity index (χ3v) is 4.99. The van der Waals surface area contributed by atoms with Crippen molar-refractivity contribution in [3.63, 3.8) is 0 Å². The van der Waals surface area contributed by atoms with Crippen molar-refractivity contribution in [3.05, 3.63) is 36.6 Å². The lowest BCUT2D eigenvalue weighted by Gasteiger charge is -2.13. The lowest BCUT2D eigenvalue weighted by molar-refractivity contribution is -0.113. The largest absolute Gasteiger partial charge is 0.497 e. The molecule has 0 aliphatic carbocycles. The van der Waals surface area contributed by atoms with Gasteiger partial charge in [-0.05, 0) is 30.2 Å². The summed E-state index contributed by atoms with van der Waals surface area (Å²) in [5.74, 6) is 2.88. The van der Waals surface area contributed by atoms with Crippen molar-refractivity contribution in [2.24, 2.45) is 5.92 Å². The van der Waals surface area contributed by atoms with Gasteiger partial charge < -0.3 is 19.2 Å². The Bertz CT molecular complexity index is 954. The van der Waals surface area contributed by atoms with E-state index in [9.17, 15) is 4.79 Å². The number of carbonyl (C=O) groups excluding carboxylic acids is 1. The number of anilines is 1. The zero-order valence-corrected chi connectivity index (χ0v) is 17.7. The zero-order chi connectivity index (χ0) is 20.8. The molecule has 1 N–H and O–H groups in total. The van der Waals surface area contributed by atoms with E-state index >= 15 is 0 Å². The second-order valence-corrected chi connectivity index (χ2v) is 7.63. The van der Waals surface area contributed by atoms with E-state index in [4.69, 9.17) is 13.9 Å². The summed E-state index contributed by atoms with van der Waals surface area (Å²) < 4.78 is 18.0. The van der Waals surface area contributed by atoms with Crippen LogP contribution < -0.4 is 14.8 Å². The number of benzene rings is 1. The van der Waals surface area contributed by atoms with Crippen LogP contribution in [0.2, 0.25) is 0 Å². The van der Waals surface area contributed by atoms with Gasteiger partial charge in [-0.25, -0.2) is 0 Å². The Morgan fingerprint density at radius 2 is 2.07 bits per heavy atom. The summed E-state index contributed by atoms with van der Waals surface area (Å²) >= 11 is 1.32. The van der Waals surface area contributed by atoms with Gasteiger partial charge in [-0.1, -0.05) is 25.6 Å². The smallest absolute Gasteiger partial charge is 0.234 e. The zero-order valence-electron chi connectivity index (χ0n) is 16.8. The van der Waals surface area contributed by atoms with E-state index in [-0.39, 0.29) is 11.7 Å². The highest BCUT2D eigenvalue weighted by molar-refractivity contribution is 7.99. The molecule has 1 aromatic carbocycles. The van der Waals surface area contributed by atoms with Crippen LogP contribution in [0.1, 0.15) is 13.8 Å². The van der Waals surface area contributed by atoms with Gasteiger partial charge in [0.2, 0.25) is 5.91 Å². The summed E-state index contributed by atoms with van der Waals surface area (Å²) in [6.07, 6.45) is 1.60. The fourth-order valence-corrected chi connectivity index (χ4v) is 3.49. The molecule has 0 atom stereocenters. The molecule has 0 unspecified atom stereocenters. The molecule has 0 radical (unpaired) electrons. The summed E-state index contributed by atoms with van der Waals surface area (Å²) in [5, 5.41) is 12.0. The molecule has 0 fully saturated rings. The van der Waals surface area contributed by atoms with E-state index in [1.54, 1.807) is 38.7 Å². The Labute approximate surface area is 173 Å². The predicted molar refractivity (Wildman–Crippen MR) is 111 cm³/mol. The molecular weight excluding hydrogens is 392 g/mol. The van der Waals surface area contributed by atoms with Crippen molar-refractivity contribution in [1.29, 1.82) is 0 Å². The lowest BCUT2D eigenvalue weighted by atomic mass is 10.2. The van der Waals surface area contributed by atoms with Gasteiger partial charge in [0.15, 0.2) is 16.7 Å². The summed E-state index contributed by atoms with van der Waals surface area (Å²) in [5.41, 5.74) is 0.553. The maximum absolute atomic E-state index is 12.5. The van der Waals surface area contributed by atoms with Gasteiger partial charge in [0.1, 0.15) is 11.5 Å². The second kappa shape index (κ2) is 9.51. The lowest BCUT2D eigenvalue weighted by Crippen LogP contribution is -2.16. The maximum Gasteiger partial charge on any atom is 0.234 e. The Hall–Kier alpha value is -2.94. The molecule has 0 aliphatic rings. The molecule has 154 valence electrons. The van der Waals surface area contributed by atoms with Gasteiger partial charge in [-0.2, -0.15) is 0 Å². The average molecular weight is 417 g/mol. The van der Waals surface area contributed by atoms with E-state index in [1.807, 2.05) is 16.7 Å². The second-order valence-electron chi connectivity index (χ2n) is 6.69. The minimum atomic E-state index is -0.180. The van der Waals surface area contributed by atoms with Crippen LogP contribution in [0, 0.1) is 5.92 Å². The Kier molecular flexibility index (Phi) is 6.82. The molecule has 3 aromatic rings. The highest BCUT2D eigenvalue weighted by atomic mass is 32.2. The number of methoxy groups -OCH3 is 2. The molecule has 0 saturated carbocycles. The quantitative estimate of drug-likeness (QED) is 0.528. The molecule has 9 heteroatoms. The molecule has 3 rings (SSSR count). The number of hydrogen-bond donors (Lipinski definition) is 1. The van der Waals surface area contributed by atoms with Crippen molar-refractivity contribution < 1.29 is 18.7 Å². The molecule has 29 heavy (non-hydrogen) atoms. The van der Waals surface area contributed by atoms with Gasteiger partial charge in [0.25, 0.3) is 0 Å². The predicted octanol–water partition coefficient (Wildman–Crippen LogP) is 3.94. The summed E-state index contributed by atoms with van der Waals surface area (Å²) in [6.45, 7) is 4.95. The minimum absolute atomic E-state index is 0.175. The Morgan fingerprint density at radius 1 is 1.24 bits per heavy atom. The number of thioether (sulfide) groups is 1. The fourth-order valence-electron chi connectivity index (χ4n) is 2.74. The highest BCUT2D eigenvalue weighted by Crippen LogP contribution is 2.30. The molecule has 0 spiro atoms. The molecule has 0 aliphatic heterocycles. The van der Waals surface area contributed by atoms with Crippen LogP contribution in [-0.2, 0) is 11.3 Å². The Balaban J connectivity index is 1.72. The van der Waals surface area contributed by atoms with Gasteiger partial charge in [0, 0.05) is 12.6 Å². The van der Waals surface area contributed by atoms with Crippen LogP contribution >= 0.6 is 11.8 Å². The summed E-state index contributed by atoms with van der Waals surface area (Å²) in [7, 11) is 3.12. The Morgan fingerprint density at radius 3 is 2.72 bits per heavy atom. The van der Waals surface area contributed by atoms with E-state index in [1.165, 1.54) is 11.8 Å². The molecular formula is C20H24N4O4S. The van der Waals surface area contributed by atoms with E-state index in [2.05, 4.69) is 29.4 Å². The number of aromatic nitrogens is 3. The van der Waals surface area contributed by atoms with Gasteiger partial charge in [0.05, 0.1) is 31.9 Å². The van der Waals surface area contributed by atoms with Crippen LogP contribution in [0.4, 0.5) is 5.69 Å². The number of amides is 1. The highest BCUT2D eigenvalue weighted by Gasteiger charge is 2.18. The van der Waals surface area contributed by atoms with Gasteiger partial charge in [-0.3, -0.25) is 9.36 Å². The standard InChI is InChI=1S/C20H24N4O4S/c1-13(2)11-24-19(17-6-5-9-28-17)22-23-20(24)29-12-18(25)21-15-10-14(26-3)7-8-16(15)27-4/h5-10,13H,11-12H2,1-4H3,(H,21,25). The fraction of sp³-hybridized carbons (Fsp3) is 0.350. The first kappa shape index (κ1) is 20.8. The van der Waals surface area contributed by atoms with E-state index in [0.29, 0.717) is 39.8 Å². The number of nitrogens with one attached hydrogen (secondary N) is 1. The molecule has 2 heterocycles. The van der Waals surface area contributed by atoms with Crippen LogP contribution in [0.15, 0.2) is 46.2 Å². The van der Waals surface area contributed by atoms with Crippen LogP contribution in [0.25, 0.3) is 11.6 Å². The van der Waals surface area contributed by atoms with Crippen molar-refractivity contribution in [2.45, 2.75) is 25.5 Å². The SMILES string of the molecule is COc1ccc(OC)c(NC(=O)CSc2nnc(-c3ccco3)n2CC(C)C)c1. The first-order valence-electron chi connectivity index (χ1n) is 9.13. The van der Waals surface area contributed by atoms with Crippen molar-refractivity contribution in [3.8, 4) is 23.1 Å².